The molecule has 2 N–H and O–H groups in total. The van der Waals surface area contributed by atoms with Crippen molar-refractivity contribution in [3.63, 3.8) is 0 Å². The third-order valence-electron chi connectivity index (χ3n) is 3.16. The molecule has 0 aliphatic carbocycles. The smallest absolute Gasteiger partial charge is 0.0402 e. The molecule has 0 bridgehead atoms. The molecule has 1 unspecified atom stereocenters. The molecular formula is C13H20N2. The van der Waals surface area contributed by atoms with Crippen LogP contribution in [-0.4, -0.2) is 19.1 Å². The third kappa shape index (κ3) is 2.00. The van der Waals surface area contributed by atoms with Gasteiger partial charge in [0.2, 0.25) is 0 Å². The van der Waals surface area contributed by atoms with E-state index in [-0.39, 0.29) is 0 Å². The van der Waals surface area contributed by atoms with Crippen LogP contribution in [0.2, 0.25) is 0 Å². The SMILES string of the molecule is CCCN1c2ccccc2CC1CCN. The molecule has 2 heteroatoms. The summed E-state index contributed by atoms with van der Waals surface area (Å²) in [6.07, 6.45) is 3.48. The van der Waals surface area contributed by atoms with Crippen LogP contribution >= 0.6 is 0 Å². The average Bonchev–Trinajstić information content (AvgIpc) is 2.59. The minimum atomic E-state index is 0.632. The summed E-state index contributed by atoms with van der Waals surface area (Å²) in [4.78, 5) is 2.53. The molecule has 0 amide bonds. The van der Waals surface area contributed by atoms with Crippen LogP contribution < -0.4 is 10.6 Å². The quantitative estimate of drug-likeness (QED) is 0.814. The molecule has 0 aromatic heterocycles. The van der Waals surface area contributed by atoms with Gasteiger partial charge in [0.15, 0.2) is 0 Å². The Labute approximate surface area is 92.1 Å². The van der Waals surface area contributed by atoms with Gasteiger partial charge in [0.25, 0.3) is 0 Å². The molecular weight excluding hydrogens is 184 g/mol. The number of fused-ring (bicyclic) bond motifs is 1. The van der Waals surface area contributed by atoms with Crippen molar-refractivity contribution in [3.05, 3.63) is 29.8 Å². The van der Waals surface area contributed by atoms with E-state index in [2.05, 4.69) is 36.1 Å². The number of hydrogen-bond donors (Lipinski definition) is 1. The van der Waals surface area contributed by atoms with E-state index < -0.39 is 0 Å². The molecule has 0 fully saturated rings. The lowest BCUT2D eigenvalue weighted by atomic mass is 10.1. The predicted molar refractivity (Wildman–Crippen MR) is 65.2 cm³/mol. The second-order valence-electron chi connectivity index (χ2n) is 4.26. The molecule has 1 heterocycles. The van der Waals surface area contributed by atoms with Crippen molar-refractivity contribution in [1.82, 2.24) is 0 Å². The van der Waals surface area contributed by atoms with Gasteiger partial charge in [-0.1, -0.05) is 25.1 Å². The summed E-state index contributed by atoms with van der Waals surface area (Å²) in [6, 6.07) is 9.38. The highest BCUT2D eigenvalue weighted by Gasteiger charge is 2.27. The number of benzene rings is 1. The van der Waals surface area contributed by atoms with Crippen LogP contribution in [-0.2, 0) is 6.42 Å². The zero-order valence-corrected chi connectivity index (χ0v) is 9.45. The van der Waals surface area contributed by atoms with Crippen LogP contribution in [0.3, 0.4) is 0 Å². The topological polar surface area (TPSA) is 29.3 Å². The molecule has 2 nitrogen and oxygen atoms in total. The van der Waals surface area contributed by atoms with Gasteiger partial charge < -0.3 is 10.6 Å². The maximum Gasteiger partial charge on any atom is 0.0402 e. The lowest BCUT2D eigenvalue weighted by Crippen LogP contribution is -2.34. The van der Waals surface area contributed by atoms with E-state index in [1.807, 2.05) is 0 Å². The largest absolute Gasteiger partial charge is 0.368 e. The summed E-state index contributed by atoms with van der Waals surface area (Å²) < 4.78 is 0. The Hall–Kier alpha value is -1.02. The Balaban J connectivity index is 2.21. The van der Waals surface area contributed by atoms with Crippen LogP contribution in [0.4, 0.5) is 5.69 Å². The van der Waals surface area contributed by atoms with Crippen molar-refractivity contribution in [2.24, 2.45) is 5.73 Å². The lowest BCUT2D eigenvalue weighted by molar-refractivity contribution is 0.579. The Kier molecular flexibility index (Phi) is 3.27. The van der Waals surface area contributed by atoms with Crippen LogP contribution in [0.1, 0.15) is 25.3 Å². The van der Waals surface area contributed by atoms with E-state index in [0.29, 0.717) is 6.04 Å². The van der Waals surface area contributed by atoms with Gasteiger partial charge in [0.1, 0.15) is 0 Å². The van der Waals surface area contributed by atoms with Crippen molar-refractivity contribution in [3.8, 4) is 0 Å². The lowest BCUT2D eigenvalue weighted by Gasteiger charge is -2.26. The summed E-state index contributed by atoms with van der Waals surface area (Å²) in [5.74, 6) is 0. The Bertz CT molecular complexity index is 322. The number of para-hydroxylation sites is 1. The first-order valence-corrected chi connectivity index (χ1v) is 5.91. The van der Waals surface area contributed by atoms with E-state index in [1.165, 1.54) is 24.1 Å². The average molecular weight is 204 g/mol. The zero-order chi connectivity index (χ0) is 10.7. The summed E-state index contributed by atoms with van der Waals surface area (Å²) in [7, 11) is 0. The maximum absolute atomic E-state index is 5.67. The highest BCUT2D eigenvalue weighted by Crippen LogP contribution is 2.32. The first-order valence-electron chi connectivity index (χ1n) is 5.91. The first kappa shape index (κ1) is 10.5. The molecule has 1 aromatic rings. The van der Waals surface area contributed by atoms with Crippen molar-refractivity contribution in [1.29, 1.82) is 0 Å². The van der Waals surface area contributed by atoms with Gasteiger partial charge in [-0.25, -0.2) is 0 Å². The van der Waals surface area contributed by atoms with E-state index in [1.54, 1.807) is 0 Å². The van der Waals surface area contributed by atoms with Gasteiger partial charge in [-0.2, -0.15) is 0 Å². The van der Waals surface area contributed by atoms with Gasteiger partial charge in [0.05, 0.1) is 0 Å². The highest BCUT2D eigenvalue weighted by atomic mass is 15.2. The van der Waals surface area contributed by atoms with Gasteiger partial charge >= 0.3 is 0 Å². The standard InChI is InChI=1S/C13H20N2/c1-2-9-15-12(7-8-14)10-11-5-3-4-6-13(11)15/h3-6,12H,2,7-10,14H2,1H3. The molecule has 0 spiro atoms. The van der Waals surface area contributed by atoms with Gasteiger partial charge in [-0.15, -0.1) is 0 Å². The van der Waals surface area contributed by atoms with Gasteiger partial charge in [-0.3, -0.25) is 0 Å². The number of nitrogens with zero attached hydrogens (tertiary/aromatic N) is 1. The van der Waals surface area contributed by atoms with E-state index in [9.17, 15) is 0 Å². The first-order chi connectivity index (χ1) is 7.36. The molecule has 82 valence electrons. The van der Waals surface area contributed by atoms with E-state index in [4.69, 9.17) is 5.73 Å². The van der Waals surface area contributed by atoms with Gasteiger partial charge in [-0.05, 0) is 37.4 Å². The minimum Gasteiger partial charge on any atom is -0.368 e. The molecule has 0 radical (unpaired) electrons. The number of hydrogen-bond acceptors (Lipinski definition) is 2. The summed E-state index contributed by atoms with van der Waals surface area (Å²) >= 11 is 0. The predicted octanol–water partition coefficient (Wildman–Crippen LogP) is 2.18. The van der Waals surface area contributed by atoms with Crippen molar-refractivity contribution in [2.45, 2.75) is 32.2 Å². The van der Waals surface area contributed by atoms with E-state index >= 15 is 0 Å². The van der Waals surface area contributed by atoms with Crippen LogP contribution in [0.15, 0.2) is 24.3 Å². The fourth-order valence-electron chi connectivity index (χ4n) is 2.52. The Morgan fingerprint density at radius 1 is 1.40 bits per heavy atom. The molecule has 0 saturated carbocycles. The monoisotopic (exact) mass is 204 g/mol. The third-order valence-corrected chi connectivity index (χ3v) is 3.16. The second kappa shape index (κ2) is 4.67. The fraction of sp³-hybridized carbons (Fsp3) is 0.538. The van der Waals surface area contributed by atoms with Gasteiger partial charge in [0, 0.05) is 18.3 Å². The summed E-state index contributed by atoms with van der Waals surface area (Å²) in [5, 5.41) is 0. The molecule has 2 rings (SSSR count). The zero-order valence-electron chi connectivity index (χ0n) is 9.45. The molecule has 15 heavy (non-hydrogen) atoms. The number of rotatable bonds is 4. The molecule has 0 saturated heterocycles. The maximum atomic E-state index is 5.67. The molecule has 1 atom stereocenters. The number of anilines is 1. The summed E-state index contributed by atoms with van der Waals surface area (Å²) in [6.45, 7) is 4.18. The number of nitrogens with two attached hydrogens (primary N) is 1. The highest BCUT2D eigenvalue weighted by molar-refractivity contribution is 5.59. The molecule has 1 aromatic carbocycles. The van der Waals surface area contributed by atoms with Crippen molar-refractivity contribution < 1.29 is 0 Å². The normalized spacial score (nSPS) is 19.3. The fourth-order valence-corrected chi connectivity index (χ4v) is 2.52. The minimum absolute atomic E-state index is 0.632. The van der Waals surface area contributed by atoms with Crippen LogP contribution in [0.25, 0.3) is 0 Å². The summed E-state index contributed by atoms with van der Waals surface area (Å²) in [5.41, 5.74) is 8.59. The van der Waals surface area contributed by atoms with E-state index in [0.717, 1.165) is 19.5 Å². The van der Waals surface area contributed by atoms with Crippen LogP contribution in [0, 0.1) is 0 Å². The Morgan fingerprint density at radius 3 is 2.93 bits per heavy atom. The molecule has 1 aliphatic rings. The molecule has 1 aliphatic heterocycles. The second-order valence-corrected chi connectivity index (χ2v) is 4.26. The Morgan fingerprint density at radius 2 is 2.20 bits per heavy atom. The van der Waals surface area contributed by atoms with Crippen LogP contribution in [0.5, 0.6) is 0 Å². The van der Waals surface area contributed by atoms with Crippen molar-refractivity contribution >= 4 is 5.69 Å². The van der Waals surface area contributed by atoms with Crippen molar-refractivity contribution in [2.75, 3.05) is 18.0 Å².